The predicted octanol–water partition coefficient (Wildman–Crippen LogP) is 0.671. The molecule has 0 bridgehead atoms. The summed E-state index contributed by atoms with van der Waals surface area (Å²) in [6, 6.07) is 1.98. The molecule has 1 rings (SSSR count). The van der Waals surface area contributed by atoms with Crippen molar-refractivity contribution < 1.29 is 17.9 Å². The average molecular weight is 209 g/mol. The molecule has 0 amide bonds. The van der Waals surface area contributed by atoms with Gasteiger partial charge in [0.05, 0.1) is 0 Å². The van der Waals surface area contributed by atoms with Crippen LogP contribution in [0.25, 0.3) is 0 Å². The topological polar surface area (TPSA) is 85.5 Å². The molecule has 0 spiro atoms. The minimum Gasteiger partial charge on any atom is -0.372 e. The monoisotopic (exact) mass is 209 g/mol. The molecule has 0 aliphatic heterocycles. The first kappa shape index (κ1) is 13.4. The fourth-order valence-electron chi connectivity index (χ4n) is 0.671. The SMILES string of the molecule is N#Cc1nc(OC(F)(F)F)[nH]c1C#N.[Li]. The second kappa shape index (κ2) is 4.74. The third kappa shape index (κ3) is 3.55. The van der Waals surface area contributed by atoms with Gasteiger partial charge in [0.1, 0.15) is 12.1 Å². The van der Waals surface area contributed by atoms with E-state index in [4.69, 9.17) is 10.5 Å². The van der Waals surface area contributed by atoms with E-state index in [9.17, 15) is 13.2 Å². The number of ether oxygens (including phenoxy) is 1. The van der Waals surface area contributed by atoms with Gasteiger partial charge in [-0.1, -0.05) is 0 Å². The van der Waals surface area contributed by atoms with Crippen molar-refractivity contribution in [1.29, 1.82) is 10.5 Å². The molecule has 0 fully saturated rings. The number of aromatic nitrogens is 2. The largest absolute Gasteiger partial charge is 0.575 e. The van der Waals surface area contributed by atoms with Crippen LogP contribution in [0.1, 0.15) is 11.4 Å². The van der Waals surface area contributed by atoms with Gasteiger partial charge in [-0.05, 0) is 0 Å². The van der Waals surface area contributed by atoms with Crippen molar-refractivity contribution in [3.63, 3.8) is 0 Å². The van der Waals surface area contributed by atoms with Crippen LogP contribution in [0.15, 0.2) is 0 Å². The molecule has 0 atom stereocenters. The molecule has 0 aromatic carbocycles. The van der Waals surface area contributed by atoms with Crippen LogP contribution in [-0.4, -0.2) is 35.2 Å². The van der Waals surface area contributed by atoms with Gasteiger partial charge in [-0.3, -0.25) is 4.98 Å². The summed E-state index contributed by atoms with van der Waals surface area (Å²) < 4.78 is 38.3. The molecule has 1 aromatic rings. The molecule has 15 heavy (non-hydrogen) atoms. The standard InChI is InChI=1S/C6HF3N4O.Li/c7-6(8,9)14-5-12-3(1-10)4(2-11)13-5;/h(H,12,13);. The Morgan fingerprint density at radius 3 is 2.20 bits per heavy atom. The number of hydrogen-bond acceptors (Lipinski definition) is 4. The van der Waals surface area contributed by atoms with Crippen LogP contribution in [0, 0.1) is 22.7 Å². The Morgan fingerprint density at radius 2 is 1.87 bits per heavy atom. The summed E-state index contributed by atoms with van der Waals surface area (Å²) >= 11 is 0. The zero-order valence-electron chi connectivity index (χ0n) is 7.38. The van der Waals surface area contributed by atoms with Crippen molar-refractivity contribution >= 4 is 18.9 Å². The van der Waals surface area contributed by atoms with Crippen LogP contribution in [0.4, 0.5) is 13.2 Å². The van der Waals surface area contributed by atoms with Crippen LogP contribution in [0.5, 0.6) is 6.01 Å². The predicted molar refractivity (Wildman–Crippen MR) is 40.5 cm³/mol. The average Bonchev–Trinajstić information content (AvgIpc) is 2.43. The summed E-state index contributed by atoms with van der Waals surface area (Å²) in [4.78, 5) is 5.01. The number of aromatic amines is 1. The Labute approximate surface area is 93.6 Å². The molecule has 0 aliphatic rings. The zero-order chi connectivity index (χ0) is 10.8. The molecule has 0 unspecified atom stereocenters. The van der Waals surface area contributed by atoms with Gasteiger partial charge in [0, 0.05) is 18.9 Å². The number of nitrogens with zero attached hydrogens (tertiary/aromatic N) is 3. The number of halogens is 3. The number of alkyl halides is 3. The molecule has 1 aromatic heterocycles. The molecule has 1 radical (unpaired) electrons. The van der Waals surface area contributed by atoms with Crippen molar-refractivity contribution in [2.24, 2.45) is 0 Å². The number of nitrogens with one attached hydrogen (secondary N) is 1. The molecule has 0 aliphatic carbocycles. The minimum atomic E-state index is -4.91. The van der Waals surface area contributed by atoms with E-state index in [1.165, 1.54) is 12.1 Å². The first-order valence-corrected chi connectivity index (χ1v) is 3.12. The van der Waals surface area contributed by atoms with Crippen molar-refractivity contribution in [2.45, 2.75) is 6.36 Å². The molecular weight excluding hydrogens is 208 g/mol. The van der Waals surface area contributed by atoms with Crippen molar-refractivity contribution in [1.82, 2.24) is 9.97 Å². The van der Waals surface area contributed by atoms with Gasteiger partial charge in [0.25, 0.3) is 0 Å². The molecule has 1 N–H and O–H groups in total. The molecular formula is C6HF3LiN4O. The van der Waals surface area contributed by atoms with Crippen molar-refractivity contribution in [2.75, 3.05) is 0 Å². The van der Waals surface area contributed by atoms with Gasteiger partial charge in [-0.25, -0.2) is 0 Å². The number of nitriles is 2. The Morgan fingerprint density at radius 1 is 1.27 bits per heavy atom. The van der Waals surface area contributed by atoms with E-state index in [0.29, 0.717) is 0 Å². The smallest absolute Gasteiger partial charge is 0.372 e. The van der Waals surface area contributed by atoms with Gasteiger partial charge >= 0.3 is 12.4 Å². The fraction of sp³-hybridized carbons (Fsp3) is 0.167. The van der Waals surface area contributed by atoms with Crippen LogP contribution >= 0.6 is 0 Å². The number of imidazole rings is 1. The number of H-pyrrole nitrogens is 1. The summed E-state index contributed by atoms with van der Waals surface area (Å²) in [5.74, 6) is 0. The first-order chi connectivity index (χ1) is 6.46. The molecule has 1 heterocycles. The van der Waals surface area contributed by atoms with Gasteiger partial charge in [-0.15, -0.1) is 13.2 Å². The molecule has 0 saturated heterocycles. The summed E-state index contributed by atoms with van der Waals surface area (Å²) in [6.45, 7) is 0. The molecule has 5 nitrogen and oxygen atoms in total. The maximum absolute atomic E-state index is 11.6. The Kier molecular flexibility index (Phi) is 4.23. The quantitative estimate of drug-likeness (QED) is 0.688. The van der Waals surface area contributed by atoms with Crippen LogP contribution in [-0.2, 0) is 0 Å². The normalized spacial score (nSPS) is 9.67. The zero-order valence-corrected chi connectivity index (χ0v) is 7.38. The first-order valence-electron chi connectivity index (χ1n) is 3.12. The van der Waals surface area contributed by atoms with Crippen LogP contribution in [0.2, 0.25) is 0 Å². The Hall–Kier alpha value is -1.62. The molecule has 73 valence electrons. The maximum atomic E-state index is 11.6. The Balaban J connectivity index is 0.00000196. The molecule has 9 heteroatoms. The Bertz CT molecular complexity index is 396. The van der Waals surface area contributed by atoms with E-state index in [0.717, 1.165) is 0 Å². The van der Waals surface area contributed by atoms with Crippen molar-refractivity contribution in [3.05, 3.63) is 11.4 Å². The number of rotatable bonds is 1. The summed E-state index contributed by atoms with van der Waals surface area (Å²) in [5, 5.41) is 16.7. The van der Waals surface area contributed by atoms with Crippen LogP contribution in [0.3, 0.4) is 0 Å². The number of hydrogen-bond donors (Lipinski definition) is 1. The van der Waals surface area contributed by atoms with Gasteiger partial charge < -0.3 is 4.74 Å². The molecule has 0 saturated carbocycles. The minimum absolute atomic E-state index is 0. The third-order valence-electron chi connectivity index (χ3n) is 1.11. The summed E-state index contributed by atoms with van der Waals surface area (Å²) in [7, 11) is 0. The van der Waals surface area contributed by atoms with E-state index in [1.54, 1.807) is 0 Å². The van der Waals surface area contributed by atoms with Crippen LogP contribution < -0.4 is 4.74 Å². The second-order valence-corrected chi connectivity index (χ2v) is 2.04. The van der Waals surface area contributed by atoms with E-state index < -0.39 is 18.1 Å². The summed E-state index contributed by atoms with van der Waals surface area (Å²) in [6.07, 6.45) is -4.91. The van der Waals surface area contributed by atoms with Gasteiger partial charge in [-0.2, -0.15) is 15.5 Å². The fourth-order valence-corrected chi connectivity index (χ4v) is 0.671. The summed E-state index contributed by atoms with van der Waals surface area (Å²) in [5.41, 5.74) is -0.807. The van der Waals surface area contributed by atoms with E-state index in [2.05, 4.69) is 9.72 Å². The second-order valence-electron chi connectivity index (χ2n) is 2.04. The maximum Gasteiger partial charge on any atom is 0.575 e. The van der Waals surface area contributed by atoms with Gasteiger partial charge in [0.2, 0.25) is 0 Å². The van der Waals surface area contributed by atoms with E-state index >= 15 is 0 Å². The van der Waals surface area contributed by atoms with E-state index in [1.807, 2.05) is 4.98 Å². The van der Waals surface area contributed by atoms with E-state index in [-0.39, 0.29) is 24.6 Å². The van der Waals surface area contributed by atoms with Gasteiger partial charge in [0.15, 0.2) is 11.4 Å². The third-order valence-corrected chi connectivity index (χ3v) is 1.11. The van der Waals surface area contributed by atoms with Crippen molar-refractivity contribution in [3.8, 4) is 18.1 Å².